The number of primary amides is 1. The van der Waals surface area contributed by atoms with Gasteiger partial charge in [-0.1, -0.05) is 60.7 Å². The Balaban J connectivity index is 1.41. The fourth-order valence-corrected chi connectivity index (χ4v) is 8.48. The van der Waals surface area contributed by atoms with E-state index in [1.165, 1.54) is 19.1 Å². The van der Waals surface area contributed by atoms with Gasteiger partial charge in [-0.05, 0) is 73.4 Å². The summed E-state index contributed by atoms with van der Waals surface area (Å²) in [6.07, 6.45) is 1.11. The van der Waals surface area contributed by atoms with E-state index in [1.807, 2.05) is 0 Å². The first-order chi connectivity index (χ1) is 36.8. The fourth-order valence-electron chi connectivity index (χ4n) is 8.48. The van der Waals surface area contributed by atoms with Crippen LogP contribution in [-0.4, -0.2) is 136 Å². The van der Waals surface area contributed by atoms with Gasteiger partial charge in [0.05, 0.1) is 13.0 Å². The van der Waals surface area contributed by atoms with Crippen molar-refractivity contribution in [2.75, 3.05) is 19.6 Å². The zero-order valence-corrected chi connectivity index (χ0v) is 42.6. The maximum atomic E-state index is 14.5. The van der Waals surface area contributed by atoms with Crippen molar-refractivity contribution in [2.45, 2.75) is 120 Å². The predicted octanol–water partition coefficient (Wildman–Crippen LogP) is -0.727. The monoisotopic (exact) mass is 1070 g/mol. The number of amides is 10. The largest absolute Gasteiger partial charge is 0.508 e. The number of para-hydroxylation sites is 1. The number of rotatable bonds is 16. The molecule has 1 aromatic heterocycles. The number of phenols is 1. The van der Waals surface area contributed by atoms with Gasteiger partial charge in [-0.2, -0.15) is 0 Å². The quantitative estimate of drug-likeness (QED) is 0.0660. The van der Waals surface area contributed by atoms with Gasteiger partial charge in [-0.3, -0.25) is 52.7 Å². The second kappa shape index (κ2) is 29.9. The maximum absolute atomic E-state index is 14.5. The van der Waals surface area contributed by atoms with Gasteiger partial charge < -0.3 is 68.8 Å². The first-order valence-corrected chi connectivity index (χ1v) is 25.3. The molecule has 2 heterocycles. The Labute approximate surface area is 443 Å². The lowest BCUT2D eigenvalue weighted by Crippen LogP contribution is -2.59. The van der Waals surface area contributed by atoms with Gasteiger partial charge in [0, 0.05) is 69.2 Å². The van der Waals surface area contributed by atoms with Crippen LogP contribution in [0.3, 0.4) is 0 Å². The Kier molecular flexibility index (Phi) is 22.9. The molecular weight excluding hydrogens is 999 g/mol. The van der Waals surface area contributed by atoms with Crippen LogP contribution in [0.2, 0.25) is 0 Å². The molecule has 1 aliphatic heterocycles. The van der Waals surface area contributed by atoms with Crippen molar-refractivity contribution in [1.29, 1.82) is 0 Å². The number of nitrogens with two attached hydrogens (primary N) is 1. The van der Waals surface area contributed by atoms with E-state index in [2.05, 4.69) is 52.8 Å². The zero-order valence-electron chi connectivity index (χ0n) is 42.6. The van der Waals surface area contributed by atoms with Gasteiger partial charge in [-0.25, -0.2) is 0 Å². The normalized spacial score (nSPS) is 18.9. The van der Waals surface area contributed by atoms with E-state index >= 15 is 0 Å². The number of H-pyrrole nitrogens is 1. The molecule has 77 heavy (non-hydrogen) atoms. The molecule has 0 bridgehead atoms. The van der Waals surface area contributed by atoms with Crippen molar-refractivity contribution in [3.8, 4) is 5.75 Å². The summed E-state index contributed by atoms with van der Waals surface area (Å²) in [6, 6.07) is 13.2. The summed E-state index contributed by atoms with van der Waals surface area (Å²) in [7, 11) is 0. The first kappa shape index (κ1) is 59.1. The fraction of sp³-hybridized carbons (Fsp3) is 0.415. The number of aromatic hydroxyl groups is 1. The third-order valence-electron chi connectivity index (χ3n) is 12.5. The molecule has 1 aliphatic rings. The molecule has 24 heteroatoms. The van der Waals surface area contributed by atoms with Crippen molar-refractivity contribution < 1.29 is 63.0 Å². The third kappa shape index (κ3) is 20.1. The van der Waals surface area contributed by atoms with Crippen LogP contribution in [0.5, 0.6) is 5.75 Å². The van der Waals surface area contributed by atoms with E-state index < -0.39 is 114 Å². The molecule has 0 radical (unpaired) electrons. The van der Waals surface area contributed by atoms with Gasteiger partial charge in [0.15, 0.2) is 0 Å². The molecule has 3 aromatic carbocycles. The second-order valence-corrected chi connectivity index (χ2v) is 18.7. The minimum atomic E-state index is -1.77. The van der Waals surface area contributed by atoms with Crippen molar-refractivity contribution in [3.63, 3.8) is 0 Å². The molecule has 4 aromatic rings. The minimum absolute atomic E-state index is 0.00686. The lowest BCUT2D eigenvalue weighted by Gasteiger charge is -2.26. The smallest absolute Gasteiger partial charge is 0.305 e. The standard InChI is InChI=1S/C53H67N11O13/c1-31(65)59-41(26-33-17-19-35(66)20-18-33)51(75)61-38-15-7-9-23-55-44(67)21-22-45(68)56-24-10-8-16-39(50(74)64-43(28-47(70)71)53(77)63-40(48(54)72)25-32-11-3-2-4-12-32)62-52(76)42(60-46(69)30-58-49(38)73)27-34-29-57-37-14-6-5-13-36(34)37/h2-6,11-14,17-20,29,38-43,57,66H,7-10,15-16,21-28,30H2,1H3,(H2,54,72)(H,55,67)(H,56,68)(H,58,73)(H,59,65)(H,60,69)(H,61,75)(H,62,76)(H,63,77)(H,64,74)(H,70,71)/t38-,39-,40-,41-,42-,43-/m0/s1. The predicted molar refractivity (Wildman–Crippen MR) is 279 cm³/mol. The zero-order chi connectivity index (χ0) is 55.9. The van der Waals surface area contributed by atoms with Crippen LogP contribution >= 0.6 is 0 Å². The van der Waals surface area contributed by atoms with Crippen LogP contribution in [0, 0.1) is 0 Å². The molecule has 24 nitrogen and oxygen atoms in total. The van der Waals surface area contributed by atoms with Gasteiger partial charge >= 0.3 is 5.97 Å². The number of fused-ring (bicyclic) bond motifs is 1. The maximum Gasteiger partial charge on any atom is 0.305 e. The minimum Gasteiger partial charge on any atom is -0.508 e. The number of aliphatic carboxylic acids is 1. The van der Waals surface area contributed by atoms with Gasteiger partial charge in [0.25, 0.3) is 0 Å². The molecule has 0 saturated carbocycles. The Morgan fingerprint density at radius 3 is 1.94 bits per heavy atom. The summed E-state index contributed by atoms with van der Waals surface area (Å²) >= 11 is 0. The third-order valence-corrected chi connectivity index (χ3v) is 12.5. The molecule has 0 spiro atoms. The summed E-state index contributed by atoms with van der Waals surface area (Å²) in [5, 5.41) is 43.6. The Morgan fingerprint density at radius 1 is 0.662 bits per heavy atom. The number of aromatic nitrogens is 1. The summed E-state index contributed by atoms with van der Waals surface area (Å²) in [5.74, 6) is -9.18. The molecule has 1 saturated heterocycles. The molecule has 412 valence electrons. The molecule has 10 amide bonds. The average Bonchev–Trinajstić information content (AvgIpc) is 3.81. The Bertz CT molecular complexity index is 2730. The molecule has 6 atom stereocenters. The summed E-state index contributed by atoms with van der Waals surface area (Å²) in [6.45, 7) is 0.777. The number of carboxylic acids is 1. The molecule has 5 rings (SSSR count). The number of carbonyl (C=O) groups is 11. The van der Waals surface area contributed by atoms with Gasteiger partial charge in [0.1, 0.15) is 42.0 Å². The van der Waals surface area contributed by atoms with Crippen molar-refractivity contribution in [2.24, 2.45) is 5.73 Å². The molecule has 0 aliphatic carbocycles. The van der Waals surface area contributed by atoms with Gasteiger partial charge in [-0.15, -0.1) is 0 Å². The van der Waals surface area contributed by atoms with Crippen LogP contribution in [-0.2, 0) is 72.0 Å². The second-order valence-electron chi connectivity index (χ2n) is 18.7. The number of hydrogen-bond donors (Lipinski definition) is 13. The lowest BCUT2D eigenvalue weighted by molar-refractivity contribution is -0.141. The number of nitrogens with one attached hydrogen (secondary N) is 10. The van der Waals surface area contributed by atoms with E-state index in [1.54, 1.807) is 72.9 Å². The van der Waals surface area contributed by atoms with Crippen LogP contribution < -0.4 is 53.6 Å². The van der Waals surface area contributed by atoms with E-state index in [4.69, 9.17) is 5.73 Å². The Morgan fingerprint density at radius 2 is 1.29 bits per heavy atom. The summed E-state index contributed by atoms with van der Waals surface area (Å²) in [5.41, 5.74) is 8.10. The number of aromatic amines is 1. The SMILES string of the molecule is CC(=O)N[C@@H](Cc1ccc(O)cc1)C(=O)N[C@H]1CCCCNC(=O)CCC(=O)NCCCC[C@@H](C(=O)N[C@@H](CC(=O)O)C(=O)N[C@@H](Cc2ccccc2)C(N)=O)NC(=O)[C@H](Cc2c[nH]c3ccccc23)NC(=O)CNC1=O. The van der Waals surface area contributed by atoms with Crippen molar-refractivity contribution >= 4 is 75.9 Å². The molecule has 14 N–H and O–H groups in total. The highest BCUT2D eigenvalue weighted by Crippen LogP contribution is 2.20. The van der Waals surface area contributed by atoms with Crippen LogP contribution in [0.15, 0.2) is 85.1 Å². The number of phenolic OH excluding ortho intramolecular Hbond substituents is 1. The highest BCUT2D eigenvalue weighted by Gasteiger charge is 2.33. The molecule has 0 unspecified atom stereocenters. The molecular formula is C53H67N11O13. The van der Waals surface area contributed by atoms with E-state index in [9.17, 15) is 63.0 Å². The number of carbonyl (C=O) groups excluding carboxylic acids is 10. The van der Waals surface area contributed by atoms with Crippen LogP contribution in [0.1, 0.15) is 81.4 Å². The average molecular weight is 1070 g/mol. The van der Waals surface area contributed by atoms with Crippen LogP contribution in [0.25, 0.3) is 10.9 Å². The van der Waals surface area contributed by atoms with Crippen LogP contribution in [0.4, 0.5) is 0 Å². The first-order valence-electron chi connectivity index (χ1n) is 25.3. The number of carboxylic acid groups (broad SMARTS) is 1. The van der Waals surface area contributed by atoms with Crippen molar-refractivity contribution in [3.05, 3.63) is 102 Å². The number of benzene rings is 3. The summed E-state index contributed by atoms with van der Waals surface area (Å²) in [4.78, 5) is 149. The number of hydrogen-bond acceptors (Lipinski definition) is 12. The highest BCUT2D eigenvalue weighted by molar-refractivity contribution is 5.98. The topological polar surface area (TPSA) is 378 Å². The van der Waals surface area contributed by atoms with Crippen molar-refractivity contribution in [1.82, 2.24) is 52.8 Å². The summed E-state index contributed by atoms with van der Waals surface area (Å²) < 4.78 is 0. The van der Waals surface area contributed by atoms with E-state index in [0.29, 0.717) is 34.0 Å². The Hall–Kier alpha value is -8.83. The van der Waals surface area contributed by atoms with E-state index in [0.717, 1.165) is 0 Å². The molecule has 1 fully saturated rings. The van der Waals surface area contributed by atoms with Gasteiger partial charge in [0.2, 0.25) is 59.1 Å². The highest BCUT2D eigenvalue weighted by atomic mass is 16.4. The lowest BCUT2D eigenvalue weighted by atomic mass is 10.0. The van der Waals surface area contributed by atoms with E-state index in [-0.39, 0.29) is 83.0 Å².